The summed E-state index contributed by atoms with van der Waals surface area (Å²) in [5.41, 5.74) is 1.95. The van der Waals surface area contributed by atoms with Crippen molar-refractivity contribution >= 4 is 51.7 Å². The summed E-state index contributed by atoms with van der Waals surface area (Å²) in [6.07, 6.45) is 12.4. The van der Waals surface area contributed by atoms with Crippen LogP contribution in [-0.4, -0.2) is 44.1 Å². The zero-order chi connectivity index (χ0) is 23.4. The summed E-state index contributed by atoms with van der Waals surface area (Å²) in [7, 11) is 0. The van der Waals surface area contributed by atoms with Crippen LogP contribution < -0.4 is 10.5 Å². The van der Waals surface area contributed by atoms with E-state index >= 15 is 0 Å². The molecule has 4 heterocycles. The Hall–Kier alpha value is -2.19. The molecule has 1 amide bonds. The van der Waals surface area contributed by atoms with Crippen LogP contribution in [0.1, 0.15) is 69.4 Å². The lowest BCUT2D eigenvalue weighted by Crippen LogP contribution is -2.34. The number of rotatable bonds is 8. The van der Waals surface area contributed by atoms with E-state index in [9.17, 15) is 9.59 Å². The average Bonchev–Trinajstić information content (AvgIpc) is 3.09. The van der Waals surface area contributed by atoms with Crippen LogP contribution in [0.25, 0.3) is 11.7 Å². The minimum atomic E-state index is -0.144. The summed E-state index contributed by atoms with van der Waals surface area (Å²) >= 11 is 6.81. The van der Waals surface area contributed by atoms with Gasteiger partial charge in [-0.2, -0.15) is 0 Å². The first-order chi connectivity index (χ1) is 16.0. The molecule has 2 saturated heterocycles. The maximum atomic E-state index is 13.6. The van der Waals surface area contributed by atoms with Gasteiger partial charge in [0.1, 0.15) is 15.8 Å². The van der Waals surface area contributed by atoms with Crippen molar-refractivity contribution in [3.63, 3.8) is 0 Å². The molecule has 0 N–H and O–H groups in total. The number of anilines is 1. The number of hydrogen-bond acceptors (Lipinski definition) is 6. The van der Waals surface area contributed by atoms with Crippen molar-refractivity contribution in [2.75, 3.05) is 24.5 Å². The number of carbonyl (C=O) groups is 1. The molecule has 2 aromatic rings. The molecule has 0 aliphatic carbocycles. The van der Waals surface area contributed by atoms with E-state index in [0.29, 0.717) is 32.8 Å². The van der Waals surface area contributed by atoms with E-state index in [1.165, 1.54) is 37.4 Å². The highest BCUT2D eigenvalue weighted by Crippen LogP contribution is 2.34. The van der Waals surface area contributed by atoms with Gasteiger partial charge in [0, 0.05) is 25.8 Å². The van der Waals surface area contributed by atoms with Crippen molar-refractivity contribution in [1.29, 1.82) is 0 Å². The standard InChI is InChI=1S/C25H32N4O2S2/c1-3-4-5-6-10-15-29-24(31)20(33-25(29)32)17-19-22(27-13-8-7-9-14-27)26-21-18(2)12-11-16-28(21)23(19)30/h11-12,16-17H,3-10,13-15H2,1-2H3/b20-17-. The number of unbranched alkanes of at least 4 members (excludes halogenated alkanes) is 4. The molecule has 0 bridgehead atoms. The van der Waals surface area contributed by atoms with Crippen LogP contribution in [0.2, 0.25) is 0 Å². The van der Waals surface area contributed by atoms with Gasteiger partial charge in [-0.15, -0.1) is 0 Å². The maximum absolute atomic E-state index is 13.6. The second-order valence-electron chi connectivity index (χ2n) is 8.83. The summed E-state index contributed by atoms with van der Waals surface area (Å²) in [5.74, 6) is 0.581. The molecular weight excluding hydrogens is 452 g/mol. The summed E-state index contributed by atoms with van der Waals surface area (Å²) in [6.45, 7) is 6.53. The van der Waals surface area contributed by atoms with Crippen LogP contribution >= 0.6 is 24.0 Å². The molecule has 0 spiro atoms. The molecular formula is C25H32N4O2S2. The van der Waals surface area contributed by atoms with Crippen molar-refractivity contribution in [2.45, 2.75) is 65.2 Å². The number of piperidine rings is 1. The number of nitrogens with zero attached hydrogens (tertiary/aromatic N) is 4. The Labute approximate surface area is 205 Å². The fraction of sp³-hybridized carbons (Fsp3) is 0.520. The van der Waals surface area contributed by atoms with E-state index < -0.39 is 0 Å². The molecule has 33 heavy (non-hydrogen) atoms. The van der Waals surface area contributed by atoms with Crippen LogP contribution in [0.15, 0.2) is 28.0 Å². The minimum absolute atomic E-state index is 0.0983. The molecule has 0 radical (unpaired) electrons. The number of pyridine rings is 1. The van der Waals surface area contributed by atoms with E-state index in [2.05, 4.69) is 11.8 Å². The van der Waals surface area contributed by atoms with Gasteiger partial charge in [0.15, 0.2) is 0 Å². The molecule has 0 saturated carbocycles. The van der Waals surface area contributed by atoms with Gasteiger partial charge in [-0.1, -0.05) is 62.7 Å². The third-order valence-electron chi connectivity index (χ3n) is 6.35. The zero-order valence-corrected chi connectivity index (χ0v) is 21.1. The second-order valence-corrected chi connectivity index (χ2v) is 10.5. The summed E-state index contributed by atoms with van der Waals surface area (Å²) in [6, 6.07) is 3.82. The monoisotopic (exact) mass is 484 g/mol. The number of carbonyl (C=O) groups excluding carboxylic acids is 1. The summed E-state index contributed by atoms with van der Waals surface area (Å²) in [4.78, 5) is 36.0. The lowest BCUT2D eigenvalue weighted by Gasteiger charge is -2.29. The molecule has 0 aromatic carbocycles. The van der Waals surface area contributed by atoms with Crippen LogP contribution in [0.4, 0.5) is 5.82 Å². The van der Waals surface area contributed by atoms with E-state index in [1.54, 1.807) is 21.6 Å². The zero-order valence-electron chi connectivity index (χ0n) is 19.5. The molecule has 2 fully saturated rings. The van der Waals surface area contributed by atoms with Gasteiger partial charge in [-0.25, -0.2) is 4.98 Å². The van der Waals surface area contributed by atoms with Crippen molar-refractivity contribution in [3.8, 4) is 0 Å². The van der Waals surface area contributed by atoms with Gasteiger partial charge in [0.25, 0.3) is 11.5 Å². The fourth-order valence-corrected chi connectivity index (χ4v) is 5.76. The largest absolute Gasteiger partial charge is 0.356 e. The van der Waals surface area contributed by atoms with Crippen molar-refractivity contribution in [1.82, 2.24) is 14.3 Å². The van der Waals surface area contributed by atoms with E-state index in [0.717, 1.165) is 44.3 Å². The molecule has 176 valence electrons. The molecule has 2 aliphatic heterocycles. The van der Waals surface area contributed by atoms with E-state index in [4.69, 9.17) is 17.2 Å². The van der Waals surface area contributed by atoms with Gasteiger partial charge in [-0.05, 0) is 50.3 Å². The number of thiocarbonyl (C=S) groups is 1. The third-order valence-corrected chi connectivity index (χ3v) is 7.73. The van der Waals surface area contributed by atoms with E-state index in [1.807, 2.05) is 19.1 Å². The lowest BCUT2D eigenvalue weighted by atomic mass is 10.1. The SMILES string of the molecule is CCCCCCCN1C(=O)/C(=C/c2c(N3CCCCC3)nc3c(C)cccn3c2=O)SC1=S. The number of aromatic nitrogens is 2. The first kappa shape index (κ1) is 24.0. The number of aryl methyl sites for hydroxylation is 1. The average molecular weight is 485 g/mol. The van der Waals surface area contributed by atoms with E-state index in [-0.39, 0.29) is 11.5 Å². The summed E-state index contributed by atoms with van der Waals surface area (Å²) in [5, 5.41) is 0. The smallest absolute Gasteiger partial charge is 0.267 e. The summed E-state index contributed by atoms with van der Waals surface area (Å²) < 4.78 is 2.16. The molecule has 6 nitrogen and oxygen atoms in total. The molecule has 2 aromatic heterocycles. The normalized spacial score (nSPS) is 18.2. The highest BCUT2D eigenvalue weighted by Gasteiger charge is 2.32. The minimum Gasteiger partial charge on any atom is -0.356 e. The highest BCUT2D eigenvalue weighted by molar-refractivity contribution is 8.26. The van der Waals surface area contributed by atoms with Crippen LogP contribution in [0, 0.1) is 6.92 Å². The molecule has 2 aliphatic rings. The Bertz CT molecular complexity index is 1140. The van der Waals surface area contributed by atoms with Crippen molar-refractivity contribution in [3.05, 3.63) is 44.7 Å². The van der Waals surface area contributed by atoms with Gasteiger partial charge < -0.3 is 4.90 Å². The highest BCUT2D eigenvalue weighted by atomic mass is 32.2. The Morgan fingerprint density at radius 3 is 2.64 bits per heavy atom. The third kappa shape index (κ3) is 5.17. The molecule has 4 rings (SSSR count). The van der Waals surface area contributed by atoms with Crippen LogP contribution in [-0.2, 0) is 4.79 Å². The Morgan fingerprint density at radius 2 is 1.88 bits per heavy atom. The number of hydrogen-bond donors (Lipinski definition) is 0. The maximum Gasteiger partial charge on any atom is 0.267 e. The Morgan fingerprint density at radius 1 is 1.12 bits per heavy atom. The number of fused-ring (bicyclic) bond motifs is 1. The first-order valence-electron chi connectivity index (χ1n) is 12.0. The van der Waals surface area contributed by atoms with Crippen molar-refractivity contribution in [2.24, 2.45) is 0 Å². The Kier molecular flexibility index (Phi) is 7.86. The molecule has 0 unspecified atom stereocenters. The number of amides is 1. The van der Waals surface area contributed by atoms with Crippen LogP contribution in [0.5, 0.6) is 0 Å². The molecule has 8 heteroatoms. The van der Waals surface area contributed by atoms with Gasteiger partial charge in [-0.3, -0.25) is 18.9 Å². The van der Waals surface area contributed by atoms with Crippen molar-refractivity contribution < 1.29 is 4.79 Å². The number of thioether (sulfide) groups is 1. The van der Waals surface area contributed by atoms with Crippen LogP contribution in [0.3, 0.4) is 0 Å². The quantitative estimate of drug-likeness (QED) is 0.293. The lowest BCUT2D eigenvalue weighted by molar-refractivity contribution is -0.122. The predicted octanol–water partition coefficient (Wildman–Crippen LogP) is 5.16. The first-order valence-corrected chi connectivity index (χ1v) is 13.3. The van der Waals surface area contributed by atoms with Gasteiger partial charge in [0.2, 0.25) is 0 Å². The predicted molar refractivity (Wildman–Crippen MR) is 141 cm³/mol. The fourth-order valence-electron chi connectivity index (χ4n) is 4.47. The van der Waals surface area contributed by atoms with Gasteiger partial charge >= 0.3 is 0 Å². The molecule has 0 atom stereocenters. The topological polar surface area (TPSA) is 57.9 Å². The Balaban J connectivity index is 1.68. The van der Waals surface area contributed by atoms with Gasteiger partial charge in [0.05, 0.1) is 10.5 Å². The second kappa shape index (κ2) is 10.8.